The molecule has 1 unspecified atom stereocenters. The number of esters is 3. The third-order valence-corrected chi connectivity index (χ3v) is 13.2. The number of allylic oxidation sites excluding steroid dienone is 20. The summed E-state index contributed by atoms with van der Waals surface area (Å²) < 4.78 is 16.8. The van der Waals surface area contributed by atoms with Gasteiger partial charge in [0, 0.05) is 19.3 Å². The maximum atomic E-state index is 12.9. The Hall–Kier alpha value is -4.19. The van der Waals surface area contributed by atoms with Gasteiger partial charge in [-0.1, -0.05) is 258 Å². The Morgan fingerprint density at radius 3 is 0.895 bits per heavy atom. The minimum atomic E-state index is -0.810. The van der Waals surface area contributed by atoms with Crippen molar-refractivity contribution < 1.29 is 28.6 Å². The Bertz CT molecular complexity index is 1590. The van der Waals surface area contributed by atoms with Gasteiger partial charge in [-0.05, 0) is 128 Å². The molecule has 0 rings (SSSR count). The van der Waals surface area contributed by atoms with Gasteiger partial charge in [0.2, 0.25) is 0 Å². The van der Waals surface area contributed by atoms with Crippen LogP contribution in [0, 0.1) is 0 Å². The molecule has 76 heavy (non-hydrogen) atoms. The van der Waals surface area contributed by atoms with E-state index in [1.807, 2.05) is 0 Å². The minimum Gasteiger partial charge on any atom is -0.462 e. The highest BCUT2D eigenvalue weighted by atomic mass is 16.6. The molecule has 0 aliphatic carbocycles. The number of rotatable bonds is 56. The van der Waals surface area contributed by atoms with Crippen LogP contribution in [-0.2, 0) is 28.6 Å². The fourth-order valence-electron chi connectivity index (χ4n) is 8.46. The van der Waals surface area contributed by atoms with Crippen LogP contribution >= 0.6 is 0 Å². The molecule has 0 aromatic rings. The second-order valence-electron chi connectivity index (χ2n) is 20.6. The fraction of sp³-hybridized carbons (Fsp3) is 0.671. The molecule has 0 saturated carbocycles. The van der Waals surface area contributed by atoms with Crippen LogP contribution in [0.2, 0.25) is 0 Å². The summed E-state index contributed by atoms with van der Waals surface area (Å²) in [4.78, 5) is 38.2. The minimum absolute atomic E-state index is 0.103. The van der Waals surface area contributed by atoms with E-state index in [1.165, 1.54) is 128 Å². The summed E-state index contributed by atoms with van der Waals surface area (Å²) in [6.07, 6.45) is 87.8. The van der Waals surface area contributed by atoms with Gasteiger partial charge in [-0.15, -0.1) is 0 Å². The van der Waals surface area contributed by atoms with Crippen molar-refractivity contribution in [2.24, 2.45) is 0 Å². The lowest BCUT2D eigenvalue weighted by Gasteiger charge is -2.18. The molecule has 0 heterocycles. The number of unbranched alkanes of at least 4 members (excludes halogenated alkanes) is 25. The predicted octanol–water partition coefficient (Wildman–Crippen LogP) is 21.6. The van der Waals surface area contributed by atoms with E-state index in [-0.39, 0.29) is 37.5 Å². The van der Waals surface area contributed by atoms with Crippen LogP contribution in [0.5, 0.6) is 0 Å². The zero-order valence-corrected chi connectivity index (χ0v) is 49.5. The van der Waals surface area contributed by atoms with Gasteiger partial charge in [-0.25, -0.2) is 0 Å². The van der Waals surface area contributed by atoms with Crippen molar-refractivity contribution in [3.63, 3.8) is 0 Å². The van der Waals surface area contributed by atoms with Crippen molar-refractivity contribution in [2.45, 2.75) is 290 Å². The summed E-state index contributed by atoms with van der Waals surface area (Å²) in [6.45, 7) is 6.44. The molecule has 0 bridgehead atoms. The largest absolute Gasteiger partial charge is 0.462 e. The van der Waals surface area contributed by atoms with Gasteiger partial charge < -0.3 is 14.2 Å². The van der Waals surface area contributed by atoms with Crippen molar-refractivity contribution in [2.75, 3.05) is 13.2 Å². The standard InChI is InChI=1S/C70H116O6/c1-4-7-10-13-16-19-22-25-27-29-31-33-35-37-39-41-43-45-48-51-54-57-60-63-69(72)75-66-67(65-74-68(71)62-59-56-53-50-47-24-21-18-15-12-9-6-3)76-70(73)64-61-58-55-52-49-46-44-42-40-38-36-34-32-30-28-26-23-20-17-14-11-8-5-2/h7,10,16,18-19,21,23,25-27,30-33,37,39,43,45,51,54,67H,4-6,8-9,11-15,17,20,22,24,28-29,34-36,38,40-42,44,46-50,52-53,55-66H2,1-3H3/b10-7-,19-16-,21-18-,26-23-,27-25-,32-30-,33-31-,39-37-,45-43-,54-51-. The lowest BCUT2D eigenvalue weighted by atomic mass is 10.0. The van der Waals surface area contributed by atoms with E-state index in [2.05, 4.69) is 142 Å². The number of ether oxygens (including phenoxy) is 3. The highest BCUT2D eigenvalue weighted by Crippen LogP contribution is 2.15. The average molecular weight is 1050 g/mol. The van der Waals surface area contributed by atoms with Gasteiger partial charge >= 0.3 is 17.9 Å². The molecule has 0 aliphatic rings. The summed E-state index contributed by atoms with van der Waals surface area (Å²) >= 11 is 0. The SMILES string of the molecule is CC/C=C\C/C=C\C/C=C\C/C=C\C/C=C\C/C=C\C/C=C\CCCC(=O)OCC(COC(=O)CCCCCCC/C=C\CCCCC)OC(=O)CCCCCCCCCCCCC/C=C\C/C=C\CCCCCCC. The Balaban J connectivity index is 4.43. The summed E-state index contributed by atoms with van der Waals surface area (Å²) in [6, 6.07) is 0. The lowest BCUT2D eigenvalue weighted by molar-refractivity contribution is -0.167. The summed E-state index contributed by atoms with van der Waals surface area (Å²) in [5.74, 6) is -0.973. The van der Waals surface area contributed by atoms with Crippen LogP contribution < -0.4 is 0 Å². The second-order valence-corrected chi connectivity index (χ2v) is 20.6. The van der Waals surface area contributed by atoms with Crippen molar-refractivity contribution >= 4 is 17.9 Å². The first-order valence-electron chi connectivity index (χ1n) is 31.5. The fourth-order valence-corrected chi connectivity index (χ4v) is 8.46. The van der Waals surface area contributed by atoms with Crippen molar-refractivity contribution in [1.29, 1.82) is 0 Å². The normalized spacial score (nSPS) is 12.9. The number of hydrogen-bond donors (Lipinski definition) is 0. The third-order valence-electron chi connectivity index (χ3n) is 13.2. The Morgan fingerprint density at radius 1 is 0.276 bits per heavy atom. The summed E-state index contributed by atoms with van der Waals surface area (Å²) in [7, 11) is 0. The first-order valence-corrected chi connectivity index (χ1v) is 31.5. The summed E-state index contributed by atoms with van der Waals surface area (Å²) in [5, 5.41) is 0. The van der Waals surface area contributed by atoms with Crippen LogP contribution in [0.15, 0.2) is 122 Å². The molecule has 0 saturated heterocycles. The number of hydrogen-bond acceptors (Lipinski definition) is 6. The zero-order chi connectivity index (χ0) is 55.0. The average Bonchev–Trinajstić information content (AvgIpc) is 3.42. The second kappa shape index (κ2) is 63.3. The van der Waals surface area contributed by atoms with Gasteiger partial charge in [0.1, 0.15) is 13.2 Å². The predicted molar refractivity (Wildman–Crippen MR) is 330 cm³/mol. The first-order chi connectivity index (χ1) is 37.5. The molecule has 1 atom stereocenters. The quantitative estimate of drug-likeness (QED) is 0.0261. The molecule has 0 fully saturated rings. The van der Waals surface area contributed by atoms with E-state index < -0.39 is 6.10 Å². The summed E-state index contributed by atoms with van der Waals surface area (Å²) in [5.41, 5.74) is 0. The van der Waals surface area contributed by atoms with Crippen LogP contribution in [0.3, 0.4) is 0 Å². The molecule has 0 spiro atoms. The molecule has 6 nitrogen and oxygen atoms in total. The Labute approximate surface area is 469 Å². The van der Waals surface area contributed by atoms with Gasteiger partial charge in [0.05, 0.1) is 0 Å². The molecule has 0 radical (unpaired) electrons. The van der Waals surface area contributed by atoms with E-state index in [9.17, 15) is 14.4 Å². The van der Waals surface area contributed by atoms with Crippen LogP contribution in [0.1, 0.15) is 284 Å². The smallest absolute Gasteiger partial charge is 0.306 e. The zero-order valence-electron chi connectivity index (χ0n) is 49.5. The van der Waals surface area contributed by atoms with E-state index in [0.717, 1.165) is 109 Å². The molecular weight excluding hydrogens is 937 g/mol. The van der Waals surface area contributed by atoms with E-state index in [0.29, 0.717) is 19.3 Å². The maximum absolute atomic E-state index is 12.9. The first kappa shape index (κ1) is 71.8. The van der Waals surface area contributed by atoms with E-state index in [1.54, 1.807) is 0 Å². The molecule has 432 valence electrons. The van der Waals surface area contributed by atoms with Crippen molar-refractivity contribution in [3.8, 4) is 0 Å². The monoisotopic (exact) mass is 1050 g/mol. The molecule has 6 heteroatoms. The Kier molecular flexibility index (Phi) is 59.9. The van der Waals surface area contributed by atoms with Crippen molar-refractivity contribution in [1.82, 2.24) is 0 Å². The number of carbonyl (C=O) groups is 3. The molecule has 0 amide bonds. The molecule has 0 aliphatic heterocycles. The van der Waals surface area contributed by atoms with Gasteiger partial charge in [0.15, 0.2) is 6.10 Å². The Morgan fingerprint density at radius 2 is 0.526 bits per heavy atom. The maximum Gasteiger partial charge on any atom is 0.306 e. The topological polar surface area (TPSA) is 78.9 Å². The molecule has 0 aromatic carbocycles. The van der Waals surface area contributed by atoms with Crippen LogP contribution in [-0.4, -0.2) is 37.2 Å². The highest BCUT2D eigenvalue weighted by molar-refractivity contribution is 5.71. The molecular formula is C70H116O6. The van der Waals surface area contributed by atoms with Crippen LogP contribution in [0.25, 0.3) is 0 Å². The highest BCUT2D eigenvalue weighted by Gasteiger charge is 2.19. The lowest BCUT2D eigenvalue weighted by Crippen LogP contribution is -2.30. The van der Waals surface area contributed by atoms with Crippen LogP contribution in [0.4, 0.5) is 0 Å². The van der Waals surface area contributed by atoms with E-state index in [4.69, 9.17) is 14.2 Å². The van der Waals surface area contributed by atoms with Gasteiger partial charge in [0.25, 0.3) is 0 Å². The van der Waals surface area contributed by atoms with Gasteiger partial charge in [-0.3, -0.25) is 14.4 Å². The number of carbonyl (C=O) groups excluding carboxylic acids is 3. The van der Waals surface area contributed by atoms with Crippen molar-refractivity contribution in [3.05, 3.63) is 122 Å². The van der Waals surface area contributed by atoms with Gasteiger partial charge in [-0.2, -0.15) is 0 Å². The molecule has 0 aromatic heterocycles. The molecule has 0 N–H and O–H groups in total. The third kappa shape index (κ3) is 60.7. The van der Waals surface area contributed by atoms with E-state index >= 15 is 0 Å².